The molecule has 5 nitrogen and oxygen atoms in total. The first-order chi connectivity index (χ1) is 10.1. The fraction of sp³-hybridized carbons (Fsp3) is 0. The Morgan fingerprint density at radius 3 is 2.33 bits per heavy atom. The van der Waals surface area contributed by atoms with Gasteiger partial charge in [-0.1, -0.05) is 36.4 Å². The molecule has 2 N–H and O–H groups in total. The number of rotatable bonds is 3. The highest BCUT2D eigenvalue weighted by molar-refractivity contribution is 7.90. The quantitative estimate of drug-likeness (QED) is 0.779. The molecule has 0 aliphatic heterocycles. The minimum Gasteiger partial charge on any atom is -0.351 e. The number of aromatic nitrogens is 1. The van der Waals surface area contributed by atoms with Gasteiger partial charge in [-0.3, -0.25) is 4.79 Å². The van der Waals surface area contributed by atoms with Crippen LogP contribution < -0.4 is 4.72 Å². The van der Waals surface area contributed by atoms with Crippen LogP contribution in [-0.4, -0.2) is 19.3 Å². The molecule has 6 heteroatoms. The highest BCUT2D eigenvalue weighted by Gasteiger charge is 2.19. The van der Waals surface area contributed by atoms with Crippen LogP contribution >= 0.6 is 0 Å². The summed E-state index contributed by atoms with van der Waals surface area (Å²) in [6.45, 7) is 0. The Balaban J connectivity index is 1.89. The SMILES string of the molecule is O=C(NS(=O)(=O)c1ccccc1)c1cc2ccccc2[nH]1. The van der Waals surface area contributed by atoms with Crippen LogP contribution in [0.4, 0.5) is 0 Å². The third-order valence-corrected chi connectivity index (χ3v) is 4.40. The molecule has 3 aromatic rings. The molecule has 0 aliphatic carbocycles. The maximum absolute atomic E-state index is 12.1. The number of amides is 1. The number of H-pyrrole nitrogens is 1. The normalized spacial score (nSPS) is 11.4. The second kappa shape index (κ2) is 5.06. The molecule has 2 aromatic carbocycles. The number of sulfonamides is 1. The van der Waals surface area contributed by atoms with E-state index in [1.54, 1.807) is 24.3 Å². The molecular weight excluding hydrogens is 288 g/mol. The number of hydrogen-bond acceptors (Lipinski definition) is 3. The van der Waals surface area contributed by atoms with Crippen molar-refractivity contribution in [2.75, 3.05) is 0 Å². The maximum Gasteiger partial charge on any atom is 0.281 e. The van der Waals surface area contributed by atoms with Gasteiger partial charge in [-0.15, -0.1) is 0 Å². The predicted molar refractivity (Wildman–Crippen MR) is 79.4 cm³/mol. The van der Waals surface area contributed by atoms with Gasteiger partial charge in [0.05, 0.1) is 4.90 Å². The van der Waals surface area contributed by atoms with E-state index in [-0.39, 0.29) is 10.6 Å². The zero-order chi connectivity index (χ0) is 14.9. The summed E-state index contributed by atoms with van der Waals surface area (Å²) in [6, 6.07) is 16.7. The lowest BCUT2D eigenvalue weighted by atomic mass is 10.2. The Morgan fingerprint density at radius 1 is 0.952 bits per heavy atom. The lowest BCUT2D eigenvalue weighted by Gasteiger charge is -2.05. The van der Waals surface area contributed by atoms with Crippen LogP contribution in [0.2, 0.25) is 0 Å². The second-order valence-electron chi connectivity index (χ2n) is 4.52. The van der Waals surface area contributed by atoms with Crippen molar-refractivity contribution >= 4 is 26.8 Å². The van der Waals surface area contributed by atoms with E-state index in [2.05, 4.69) is 9.71 Å². The number of nitrogens with one attached hydrogen (secondary N) is 2. The number of carbonyl (C=O) groups is 1. The molecule has 0 fully saturated rings. The maximum atomic E-state index is 12.1. The fourth-order valence-electron chi connectivity index (χ4n) is 2.03. The van der Waals surface area contributed by atoms with Gasteiger partial charge in [0.15, 0.2) is 0 Å². The molecule has 0 spiro atoms. The molecule has 0 bridgehead atoms. The zero-order valence-electron chi connectivity index (χ0n) is 10.9. The van der Waals surface area contributed by atoms with Crippen LogP contribution in [0.3, 0.4) is 0 Å². The summed E-state index contributed by atoms with van der Waals surface area (Å²) < 4.78 is 26.2. The van der Waals surface area contributed by atoms with Crippen LogP contribution in [0.15, 0.2) is 65.6 Å². The Labute approximate surface area is 121 Å². The molecule has 0 radical (unpaired) electrons. The number of hydrogen-bond donors (Lipinski definition) is 2. The van der Waals surface area contributed by atoms with Crippen molar-refractivity contribution in [1.82, 2.24) is 9.71 Å². The predicted octanol–water partition coefficient (Wildman–Crippen LogP) is 2.29. The molecule has 106 valence electrons. The Hall–Kier alpha value is -2.60. The summed E-state index contributed by atoms with van der Waals surface area (Å²) >= 11 is 0. The van der Waals surface area contributed by atoms with Crippen molar-refractivity contribution in [3.8, 4) is 0 Å². The van der Waals surface area contributed by atoms with Crippen LogP contribution in [-0.2, 0) is 10.0 Å². The standard InChI is InChI=1S/C15H12N2O3S/c18-15(14-10-11-6-4-5-9-13(11)16-14)17-21(19,20)12-7-2-1-3-8-12/h1-10,16H,(H,17,18). The lowest BCUT2D eigenvalue weighted by Crippen LogP contribution is -2.30. The molecule has 0 aliphatic rings. The molecule has 0 saturated carbocycles. The number of fused-ring (bicyclic) bond motifs is 1. The first kappa shape index (κ1) is 13.4. The lowest BCUT2D eigenvalue weighted by molar-refractivity contribution is 0.0977. The fourth-order valence-corrected chi connectivity index (χ4v) is 3.02. The van der Waals surface area contributed by atoms with Crippen LogP contribution in [0.25, 0.3) is 10.9 Å². The molecular formula is C15H12N2O3S. The van der Waals surface area contributed by atoms with Gasteiger partial charge < -0.3 is 4.98 Å². The van der Waals surface area contributed by atoms with Gasteiger partial charge in [0.25, 0.3) is 15.9 Å². The number of carbonyl (C=O) groups excluding carboxylic acids is 1. The molecule has 0 saturated heterocycles. The highest BCUT2D eigenvalue weighted by atomic mass is 32.2. The van der Waals surface area contributed by atoms with Gasteiger partial charge in [0.2, 0.25) is 0 Å². The van der Waals surface area contributed by atoms with Crippen LogP contribution in [0, 0.1) is 0 Å². The van der Waals surface area contributed by atoms with Crippen molar-refractivity contribution in [3.05, 3.63) is 66.4 Å². The number of benzene rings is 2. The molecule has 3 rings (SSSR count). The molecule has 1 heterocycles. The van der Waals surface area contributed by atoms with Crippen LogP contribution in [0.1, 0.15) is 10.5 Å². The van der Waals surface area contributed by atoms with E-state index in [9.17, 15) is 13.2 Å². The monoisotopic (exact) mass is 300 g/mol. The Bertz CT molecular complexity index is 866. The van der Waals surface area contributed by atoms with E-state index < -0.39 is 15.9 Å². The molecule has 1 aromatic heterocycles. The average Bonchev–Trinajstić information content (AvgIpc) is 2.92. The molecule has 1 amide bonds. The molecule has 0 atom stereocenters. The average molecular weight is 300 g/mol. The van der Waals surface area contributed by atoms with E-state index in [4.69, 9.17) is 0 Å². The smallest absolute Gasteiger partial charge is 0.281 e. The first-order valence-electron chi connectivity index (χ1n) is 6.26. The van der Waals surface area contributed by atoms with Crippen molar-refractivity contribution < 1.29 is 13.2 Å². The van der Waals surface area contributed by atoms with E-state index in [1.807, 2.05) is 24.3 Å². The van der Waals surface area contributed by atoms with E-state index in [0.29, 0.717) is 0 Å². The summed E-state index contributed by atoms with van der Waals surface area (Å²) in [6.07, 6.45) is 0. The summed E-state index contributed by atoms with van der Waals surface area (Å²) in [5, 5.41) is 0.847. The van der Waals surface area contributed by atoms with Gasteiger partial charge in [0.1, 0.15) is 5.69 Å². The third-order valence-electron chi connectivity index (χ3n) is 3.06. The number of para-hydroxylation sites is 1. The van der Waals surface area contributed by atoms with Gasteiger partial charge in [0, 0.05) is 10.9 Å². The minimum absolute atomic E-state index is 0.0504. The van der Waals surface area contributed by atoms with Crippen molar-refractivity contribution in [2.45, 2.75) is 4.90 Å². The number of aromatic amines is 1. The van der Waals surface area contributed by atoms with Crippen molar-refractivity contribution in [3.63, 3.8) is 0 Å². The largest absolute Gasteiger partial charge is 0.351 e. The minimum atomic E-state index is -3.86. The third kappa shape index (κ3) is 2.66. The molecule has 21 heavy (non-hydrogen) atoms. The van der Waals surface area contributed by atoms with Crippen molar-refractivity contribution in [2.24, 2.45) is 0 Å². The van der Waals surface area contributed by atoms with Crippen LogP contribution in [0.5, 0.6) is 0 Å². The summed E-state index contributed by atoms with van der Waals surface area (Å²) in [5.74, 6) is -0.685. The van der Waals surface area contributed by atoms with Gasteiger partial charge >= 0.3 is 0 Å². The zero-order valence-corrected chi connectivity index (χ0v) is 11.7. The van der Waals surface area contributed by atoms with E-state index in [0.717, 1.165) is 10.9 Å². The Morgan fingerprint density at radius 2 is 1.62 bits per heavy atom. The first-order valence-corrected chi connectivity index (χ1v) is 7.74. The highest BCUT2D eigenvalue weighted by Crippen LogP contribution is 2.15. The molecule has 0 unspecified atom stereocenters. The summed E-state index contributed by atoms with van der Waals surface area (Å²) in [4.78, 5) is 15.0. The Kier molecular flexibility index (Phi) is 3.23. The van der Waals surface area contributed by atoms with Crippen molar-refractivity contribution in [1.29, 1.82) is 0 Å². The summed E-state index contributed by atoms with van der Waals surface area (Å²) in [7, 11) is -3.86. The van der Waals surface area contributed by atoms with Gasteiger partial charge in [-0.05, 0) is 24.3 Å². The van der Waals surface area contributed by atoms with Gasteiger partial charge in [-0.25, -0.2) is 13.1 Å². The van der Waals surface area contributed by atoms with E-state index in [1.165, 1.54) is 12.1 Å². The topological polar surface area (TPSA) is 79.0 Å². The van der Waals surface area contributed by atoms with E-state index >= 15 is 0 Å². The second-order valence-corrected chi connectivity index (χ2v) is 6.20. The summed E-state index contributed by atoms with van der Waals surface area (Å²) in [5.41, 5.74) is 0.982. The van der Waals surface area contributed by atoms with Gasteiger partial charge in [-0.2, -0.15) is 0 Å².